The summed E-state index contributed by atoms with van der Waals surface area (Å²) in [4.78, 5) is 7.58. The Bertz CT molecular complexity index is 152. The van der Waals surface area contributed by atoms with Crippen molar-refractivity contribution in [1.82, 2.24) is 0 Å². The first-order chi connectivity index (χ1) is 4.74. The topological polar surface area (TPSA) is 43.2 Å². The molecule has 0 aromatic rings. The lowest BCUT2D eigenvalue weighted by Crippen LogP contribution is -2.03. The molecule has 0 fully saturated rings. The summed E-state index contributed by atoms with van der Waals surface area (Å²) in [6.45, 7) is 1.73. The van der Waals surface area contributed by atoms with Crippen molar-refractivity contribution in [1.29, 1.82) is 0 Å². The lowest BCUT2D eigenvalue weighted by molar-refractivity contribution is 0.381. The molecule has 0 amide bonds. The summed E-state index contributed by atoms with van der Waals surface area (Å²) in [5.74, 6) is 0.530. The molecule has 58 valence electrons. The predicted octanol–water partition coefficient (Wildman–Crippen LogP) is 0.683. The number of hydrogen-bond donors (Lipinski definition) is 0. The Labute approximate surface area is 60.6 Å². The molecule has 0 spiro atoms. The molecule has 4 nitrogen and oxygen atoms in total. The van der Waals surface area contributed by atoms with Gasteiger partial charge in [0.1, 0.15) is 0 Å². The molecule has 4 heteroatoms. The third kappa shape index (κ3) is 3.06. The summed E-state index contributed by atoms with van der Waals surface area (Å²) >= 11 is 0. The SMILES string of the molecule is CN=C(N=C(C)OC)OC. The highest BCUT2D eigenvalue weighted by atomic mass is 16.5. The Hall–Kier alpha value is -1.06. The molecule has 0 radical (unpaired) electrons. The first-order valence-corrected chi connectivity index (χ1v) is 2.84. The summed E-state index contributed by atoms with van der Waals surface area (Å²) < 4.78 is 9.53. The van der Waals surface area contributed by atoms with E-state index in [1.165, 1.54) is 7.11 Å². The molecule has 0 saturated heterocycles. The number of amidine groups is 1. The van der Waals surface area contributed by atoms with Crippen molar-refractivity contribution in [2.24, 2.45) is 9.98 Å². The standard InChI is InChI=1S/C6H12N2O2/c1-5(9-3)8-6(7-2)10-4/h1-4H3. The summed E-state index contributed by atoms with van der Waals surface area (Å²) in [5.41, 5.74) is 0. The van der Waals surface area contributed by atoms with Crippen molar-refractivity contribution in [3.63, 3.8) is 0 Å². The normalized spacial score (nSPS) is 13.2. The smallest absolute Gasteiger partial charge is 0.314 e. The van der Waals surface area contributed by atoms with Crippen LogP contribution in [-0.2, 0) is 9.47 Å². The molecule has 0 rings (SSSR count). The first-order valence-electron chi connectivity index (χ1n) is 2.84. The third-order valence-electron chi connectivity index (χ3n) is 0.922. The molecule has 0 aromatic carbocycles. The van der Waals surface area contributed by atoms with E-state index in [0.717, 1.165) is 0 Å². The van der Waals surface area contributed by atoms with E-state index >= 15 is 0 Å². The largest absolute Gasteiger partial charge is 0.484 e. The van der Waals surface area contributed by atoms with Gasteiger partial charge in [0, 0.05) is 14.0 Å². The Morgan fingerprint density at radius 2 is 1.80 bits per heavy atom. The average Bonchev–Trinajstić information content (AvgIpc) is 1.99. The predicted molar refractivity (Wildman–Crippen MR) is 40.5 cm³/mol. The van der Waals surface area contributed by atoms with E-state index in [9.17, 15) is 0 Å². The molecular formula is C6H12N2O2. The molecule has 0 N–H and O–H groups in total. The van der Waals surface area contributed by atoms with E-state index in [-0.39, 0.29) is 0 Å². The zero-order valence-corrected chi connectivity index (χ0v) is 6.71. The van der Waals surface area contributed by atoms with Gasteiger partial charge in [0.15, 0.2) is 5.90 Å². The monoisotopic (exact) mass is 144 g/mol. The maximum atomic E-state index is 4.77. The minimum Gasteiger partial charge on any atom is -0.484 e. The van der Waals surface area contributed by atoms with Gasteiger partial charge in [-0.1, -0.05) is 0 Å². The van der Waals surface area contributed by atoms with E-state index in [0.29, 0.717) is 11.9 Å². The number of hydrogen-bond acceptors (Lipinski definition) is 3. The van der Waals surface area contributed by atoms with Crippen LogP contribution >= 0.6 is 0 Å². The van der Waals surface area contributed by atoms with Crippen LogP contribution in [0.15, 0.2) is 9.98 Å². The minimum atomic E-state index is 0.319. The van der Waals surface area contributed by atoms with Crippen LogP contribution in [0.5, 0.6) is 0 Å². The van der Waals surface area contributed by atoms with E-state index in [4.69, 9.17) is 9.47 Å². The number of methoxy groups -OCH3 is 2. The van der Waals surface area contributed by atoms with E-state index in [2.05, 4.69) is 9.98 Å². The average molecular weight is 144 g/mol. The van der Waals surface area contributed by atoms with Crippen LogP contribution in [0, 0.1) is 0 Å². The number of aliphatic imine (C=N–C) groups is 2. The fourth-order valence-electron chi connectivity index (χ4n) is 0.367. The van der Waals surface area contributed by atoms with E-state index < -0.39 is 0 Å². The van der Waals surface area contributed by atoms with Crippen molar-refractivity contribution < 1.29 is 9.47 Å². The van der Waals surface area contributed by atoms with Gasteiger partial charge in [-0.2, -0.15) is 4.99 Å². The van der Waals surface area contributed by atoms with Crippen LogP contribution < -0.4 is 0 Å². The van der Waals surface area contributed by atoms with Gasteiger partial charge in [0.25, 0.3) is 0 Å². The summed E-state index contributed by atoms with van der Waals surface area (Å²) in [5, 5.41) is 0. The van der Waals surface area contributed by atoms with Gasteiger partial charge in [-0.05, 0) is 0 Å². The fourth-order valence-corrected chi connectivity index (χ4v) is 0.367. The zero-order chi connectivity index (χ0) is 7.98. The van der Waals surface area contributed by atoms with Gasteiger partial charge < -0.3 is 9.47 Å². The van der Waals surface area contributed by atoms with Gasteiger partial charge in [0.05, 0.1) is 14.2 Å². The highest BCUT2D eigenvalue weighted by molar-refractivity contribution is 5.88. The molecule has 0 bridgehead atoms. The molecule has 0 aliphatic heterocycles. The van der Waals surface area contributed by atoms with Gasteiger partial charge >= 0.3 is 6.02 Å². The second kappa shape index (κ2) is 4.78. The molecular weight excluding hydrogens is 132 g/mol. The van der Waals surface area contributed by atoms with Crippen LogP contribution in [-0.4, -0.2) is 33.2 Å². The first kappa shape index (κ1) is 8.94. The third-order valence-corrected chi connectivity index (χ3v) is 0.922. The van der Waals surface area contributed by atoms with Crippen molar-refractivity contribution in [2.45, 2.75) is 6.92 Å². The maximum absolute atomic E-state index is 4.77. The Morgan fingerprint density at radius 3 is 2.10 bits per heavy atom. The van der Waals surface area contributed by atoms with Gasteiger partial charge in [-0.15, -0.1) is 0 Å². The van der Waals surface area contributed by atoms with Gasteiger partial charge in [-0.3, -0.25) is 0 Å². The summed E-state index contributed by atoms with van der Waals surface area (Å²) in [6.07, 6.45) is 0. The van der Waals surface area contributed by atoms with Crippen molar-refractivity contribution in [3.05, 3.63) is 0 Å². The van der Waals surface area contributed by atoms with E-state index in [1.807, 2.05) is 0 Å². The van der Waals surface area contributed by atoms with Crippen molar-refractivity contribution in [2.75, 3.05) is 21.3 Å². The van der Waals surface area contributed by atoms with Crippen LogP contribution in [0.25, 0.3) is 0 Å². The molecule has 0 saturated carbocycles. The van der Waals surface area contributed by atoms with Crippen LogP contribution in [0.2, 0.25) is 0 Å². The van der Waals surface area contributed by atoms with Crippen LogP contribution in [0.1, 0.15) is 6.92 Å². The lowest BCUT2D eigenvalue weighted by atomic mass is 10.8. The molecule has 0 aliphatic carbocycles. The second-order valence-electron chi connectivity index (χ2n) is 1.55. The maximum Gasteiger partial charge on any atom is 0.314 e. The molecule has 0 heterocycles. The Balaban J connectivity index is 4.08. The Kier molecular flexibility index (Phi) is 4.28. The van der Waals surface area contributed by atoms with Crippen LogP contribution in [0.4, 0.5) is 0 Å². The Morgan fingerprint density at radius 1 is 1.20 bits per heavy atom. The lowest BCUT2D eigenvalue weighted by Gasteiger charge is -1.98. The van der Waals surface area contributed by atoms with Crippen molar-refractivity contribution >= 4 is 11.9 Å². The quantitative estimate of drug-likeness (QED) is 0.370. The number of rotatable bonds is 0. The minimum absolute atomic E-state index is 0.319. The fraction of sp³-hybridized carbons (Fsp3) is 0.667. The number of nitrogens with zero attached hydrogens (tertiary/aromatic N) is 2. The second-order valence-corrected chi connectivity index (χ2v) is 1.55. The van der Waals surface area contributed by atoms with Crippen molar-refractivity contribution in [3.8, 4) is 0 Å². The summed E-state index contributed by atoms with van der Waals surface area (Å²) in [6, 6.07) is 0.319. The molecule has 0 aromatic heterocycles. The van der Waals surface area contributed by atoms with E-state index in [1.54, 1.807) is 21.1 Å². The molecule has 0 atom stereocenters. The van der Waals surface area contributed by atoms with Gasteiger partial charge in [0.2, 0.25) is 0 Å². The molecule has 10 heavy (non-hydrogen) atoms. The summed E-state index contributed by atoms with van der Waals surface area (Å²) in [7, 11) is 4.65. The molecule has 0 unspecified atom stereocenters. The molecule has 0 aliphatic rings. The number of ether oxygens (including phenoxy) is 2. The van der Waals surface area contributed by atoms with Gasteiger partial charge in [-0.25, -0.2) is 4.99 Å². The zero-order valence-electron chi connectivity index (χ0n) is 6.71. The van der Waals surface area contributed by atoms with Crippen LogP contribution in [0.3, 0.4) is 0 Å². The highest BCUT2D eigenvalue weighted by Crippen LogP contribution is 1.84. The highest BCUT2D eigenvalue weighted by Gasteiger charge is 1.92.